The van der Waals surface area contributed by atoms with Crippen molar-refractivity contribution in [1.82, 2.24) is 4.90 Å². The lowest BCUT2D eigenvalue weighted by molar-refractivity contribution is -0.113. The molecule has 1 heterocycles. The number of amides is 1. The Morgan fingerprint density at radius 1 is 1.17 bits per heavy atom. The summed E-state index contributed by atoms with van der Waals surface area (Å²) in [6, 6.07) is 14.7. The molecule has 0 unspecified atom stereocenters. The van der Waals surface area contributed by atoms with Crippen LogP contribution in [0, 0.1) is 3.57 Å². The summed E-state index contributed by atoms with van der Waals surface area (Å²) in [5.41, 5.74) is 1.29. The van der Waals surface area contributed by atoms with Crippen molar-refractivity contribution in [3.8, 4) is 5.75 Å². The number of carbonyl (C=O) groups is 1. The predicted molar refractivity (Wildman–Crippen MR) is 90.8 cm³/mol. The zero-order valence-electron chi connectivity index (χ0n) is 12.1. The molecule has 0 aliphatic carbocycles. The van der Waals surface area contributed by atoms with Crippen LogP contribution in [0.2, 0.25) is 0 Å². The number of benzene rings is 2. The van der Waals surface area contributed by atoms with Crippen molar-refractivity contribution in [2.45, 2.75) is 12.5 Å². The Kier molecular flexibility index (Phi) is 4.52. The number of hydrogen-bond donors (Lipinski definition) is 0. The normalized spacial score (nSPS) is 15.9. The van der Waals surface area contributed by atoms with Gasteiger partial charge in [0.2, 0.25) is 0 Å². The Morgan fingerprint density at radius 3 is 2.52 bits per heavy atom. The lowest BCUT2D eigenvalue weighted by atomic mass is 10.1. The second-order valence-corrected chi connectivity index (χ2v) is 6.68. The number of halogens is 3. The summed E-state index contributed by atoms with van der Waals surface area (Å²) in [6.07, 6.45) is 0. The van der Waals surface area contributed by atoms with Crippen molar-refractivity contribution in [3.05, 3.63) is 63.2 Å². The van der Waals surface area contributed by atoms with Crippen LogP contribution in [0.5, 0.6) is 5.75 Å². The van der Waals surface area contributed by atoms with Crippen LogP contribution in [0.15, 0.2) is 48.5 Å². The molecule has 0 bridgehead atoms. The number of likely N-dealkylation sites (tertiary alicyclic amines) is 1. The van der Waals surface area contributed by atoms with Crippen LogP contribution in [0.3, 0.4) is 0 Å². The molecule has 1 amide bonds. The van der Waals surface area contributed by atoms with Crippen LogP contribution in [0.1, 0.15) is 15.9 Å². The smallest absolute Gasteiger partial charge is 0.282 e. The number of rotatable bonds is 4. The Bertz CT molecular complexity index is 714. The van der Waals surface area contributed by atoms with Crippen LogP contribution >= 0.6 is 22.6 Å². The van der Waals surface area contributed by atoms with E-state index in [4.69, 9.17) is 4.74 Å². The molecule has 0 spiro atoms. The highest BCUT2D eigenvalue weighted by molar-refractivity contribution is 14.1. The van der Waals surface area contributed by atoms with Crippen LogP contribution in [0.4, 0.5) is 8.78 Å². The van der Waals surface area contributed by atoms with Gasteiger partial charge in [0.1, 0.15) is 12.4 Å². The molecule has 1 saturated heterocycles. The maximum atomic E-state index is 13.0. The first-order chi connectivity index (χ1) is 10.9. The van der Waals surface area contributed by atoms with E-state index >= 15 is 0 Å². The SMILES string of the molecule is O=C(c1ccc(I)cc1OCc1ccccc1)N1CC(F)(F)C1. The first-order valence-electron chi connectivity index (χ1n) is 7.08. The molecule has 6 heteroatoms. The third-order valence-electron chi connectivity index (χ3n) is 3.54. The Labute approximate surface area is 146 Å². The molecular formula is C17H14F2INO2. The van der Waals surface area contributed by atoms with E-state index in [9.17, 15) is 13.6 Å². The van der Waals surface area contributed by atoms with Gasteiger partial charge in [-0.2, -0.15) is 0 Å². The minimum absolute atomic E-state index is 0.317. The summed E-state index contributed by atoms with van der Waals surface area (Å²) in [7, 11) is 0. The zero-order chi connectivity index (χ0) is 16.4. The maximum absolute atomic E-state index is 13.0. The van der Waals surface area contributed by atoms with Crippen molar-refractivity contribution in [2.75, 3.05) is 13.1 Å². The topological polar surface area (TPSA) is 29.5 Å². The quantitative estimate of drug-likeness (QED) is 0.689. The van der Waals surface area contributed by atoms with Gasteiger partial charge in [-0.25, -0.2) is 8.78 Å². The van der Waals surface area contributed by atoms with Gasteiger partial charge >= 0.3 is 0 Å². The summed E-state index contributed by atoms with van der Waals surface area (Å²) in [6.45, 7) is -0.747. The predicted octanol–water partition coefficient (Wildman–Crippen LogP) is 3.96. The molecule has 0 aromatic heterocycles. The van der Waals surface area contributed by atoms with Gasteiger partial charge in [0.25, 0.3) is 11.8 Å². The number of alkyl halides is 2. The van der Waals surface area contributed by atoms with E-state index in [-0.39, 0.29) is 0 Å². The minimum atomic E-state index is -2.77. The van der Waals surface area contributed by atoms with E-state index in [1.54, 1.807) is 18.2 Å². The molecule has 0 N–H and O–H groups in total. The number of ether oxygens (including phenoxy) is 1. The largest absolute Gasteiger partial charge is 0.488 e. The van der Waals surface area contributed by atoms with E-state index in [1.807, 2.05) is 30.3 Å². The van der Waals surface area contributed by atoms with Crippen LogP contribution in [0.25, 0.3) is 0 Å². The van der Waals surface area contributed by atoms with Gasteiger partial charge in [0.15, 0.2) is 0 Å². The molecule has 2 aromatic carbocycles. The third-order valence-corrected chi connectivity index (χ3v) is 4.21. The molecule has 3 nitrogen and oxygen atoms in total. The Morgan fingerprint density at radius 2 is 1.87 bits per heavy atom. The van der Waals surface area contributed by atoms with E-state index in [0.717, 1.165) is 14.0 Å². The standard InChI is InChI=1S/C17H14F2INO2/c18-17(19)10-21(11-17)16(22)14-7-6-13(20)8-15(14)23-9-12-4-2-1-3-5-12/h1-8H,9-11H2. The van der Waals surface area contributed by atoms with Gasteiger partial charge < -0.3 is 9.64 Å². The molecule has 0 saturated carbocycles. The molecule has 0 radical (unpaired) electrons. The second kappa shape index (κ2) is 6.43. The monoisotopic (exact) mass is 429 g/mol. The minimum Gasteiger partial charge on any atom is -0.488 e. The van der Waals surface area contributed by atoms with E-state index in [0.29, 0.717) is 17.9 Å². The molecule has 1 fully saturated rings. The molecule has 120 valence electrons. The molecule has 23 heavy (non-hydrogen) atoms. The fourth-order valence-corrected chi connectivity index (χ4v) is 2.82. The highest BCUT2D eigenvalue weighted by atomic mass is 127. The summed E-state index contributed by atoms with van der Waals surface area (Å²) < 4.78 is 32.6. The molecular weight excluding hydrogens is 415 g/mol. The molecule has 0 atom stereocenters. The Hall–Kier alpha value is -1.70. The summed E-state index contributed by atoms with van der Waals surface area (Å²) in [5.74, 6) is -2.78. The highest BCUT2D eigenvalue weighted by Crippen LogP contribution is 2.31. The highest BCUT2D eigenvalue weighted by Gasteiger charge is 2.46. The van der Waals surface area contributed by atoms with Gasteiger partial charge in [0.05, 0.1) is 18.7 Å². The summed E-state index contributed by atoms with van der Waals surface area (Å²) in [4.78, 5) is 13.5. The van der Waals surface area contributed by atoms with Crippen molar-refractivity contribution in [2.24, 2.45) is 0 Å². The lowest BCUT2D eigenvalue weighted by Gasteiger charge is -2.38. The molecule has 2 aromatic rings. The lowest BCUT2D eigenvalue weighted by Crippen LogP contribution is -2.58. The van der Waals surface area contributed by atoms with Crippen molar-refractivity contribution >= 4 is 28.5 Å². The molecule has 1 aliphatic rings. The van der Waals surface area contributed by atoms with Gasteiger partial charge in [-0.15, -0.1) is 0 Å². The zero-order valence-corrected chi connectivity index (χ0v) is 14.3. The average molecular weight is 429 g/mol. The number of nitrogens with zero attached hydrogens (tertiary/aromatic N) is 1. The molecule has 1 aliphatic heterocycles. The van der Waals surface area contributed by atoms with Gasteiger partial charge in [-0.05, 0) is 46.4 Å². The van der Waals surface area contributed by atoms with Crippen LogP contribution in [-0.2, 0) is 6.61 Å². The molecule has 3 rings (SSSR count). The summed E-state index contributed by atoms with van der Waals surface area (Å²) in [5, 5.41) is 0. The first kappa shape index (κ1) is 16.2. The maximum Gasteiger partial charge on any atom is 0.282 e. The average Bonchev–Trinajstić information content (AvgIpc) is 2.51. The number of hydrogen-bond acceptors (Lipinski definition) is 2. The van der Waals surface area contributed by atoms with E-state index in [2.05, 4.69) is 22.6 Å². The van der Waals surface area contributed by atoms with Gasteiger partial charge in [0, 0.05) is 3.57 Å². The third kappa shape index (κ3) is 3.80. The van der Waals surface area contributed by atoms with E-state index < -0.39 is 24.9 Å². The van der Waals surface area contributed by atoms with Crippen molar-refractivity contribution < 1.29 is 18.3 Å². The van der Waals surface area contributed by atoms with Crippen molar-refractivity contribution in [3.63, 3.8) is 0 Å². The number of carbonyl (C=O) groups excluding carboxylic acids is 1. The van der Waals surface area contributed by atoms with Crippen LogP contribution in [-0.4, -0.2) is 29.8 Å². The second-order valence-electron chi connectivity index (χ2n) is 5.43. The fourth-order valence-electron chi connectivity index (χ4n) is 2.35. The van der Waals surface area contributed by atoms with Crippen LogP contribution < -0.4 is 4.74 Å². The van der Waals surface area contributed by atoms with Gasteiger partial charge in [-0.3, -0.25) is 4.79 Å². The van der Waals surface area contributed by atoms with Gasteiger partial charge in [-0.1, -0.05) is 30.3 Å². The first-order valence-corrected chi connectivity index (χ1v) is 8.16. The van der Waals surface area contributed by atoms with E-state index in [1.165, 1.54) is 0 Å². The van der Waals surface area contributed by atoms with Crippen molar-refractivity contribution in [1.29, 1.82) is 0 Å². The Balaban J connectivity index is 1.77. The fraction of sp³-hybridized carbons (Fsp3) is 0.235. The summed E-state index contributed by atoms with van der Waals surface area (Å²) >= 11 is 2.12.